The van der Waals surface area contributed by atoms with Crippen LogP contribution in [0.1, 0.15) is 19.2 Å². The van der Waals surface area contributed by atoms with Gasteiger partial charge in [-0.25, -0.2) is 4.68 Å². The van der Waals surface area contributed by atoms with E-state index < -0.39 is 0 Å². The van der Waals surface area contributed by atoms with Crippen molar-refractivity contribution in [1.29, 1.82) is 0 Å². The van der Waals surface area contributed by atoms with E-state index in [0.29, 0.717) is 13.2 Å². The molecule has 0 aromatic carbocycles. The minimum absolute atomic E-state index is 0.0737. The van der Waals surface area contributed by atoms with Gasteiger partial charge in [-0.3, -0.25) is 0 Å². The van der Waals surface area contributed by atoms with Crippen LogP contribution in [0.5, 0.6) is 0 Å². The third-order valence-corrected chi connectivity index (χ3v) is 2.58. The van der Waals surface area contributed by atoms with Crippen molar-refractivity contribution < 1.29 is 4.74 Å². The maximum absolute atomic E-state index is 5.38. The molecule has 1 atom stereocenters. The number of rotatable bonds is 3. The molecular weight excluding hydrogens is 182 g/mol. The van der Waals surface area contributed by atoms with Crippen LogP contribution in [-0.4, -0.2) is 40.5 Å². The number of nitrogens with one attached hydrogen (secondary N) is 1. The van der Waals surface area contributed by atoms with Crippen LogP contribution in [0.25, 0.3) is 0 Å². The Bertz CT molecular complexity index is 304. The van der Waals surface area contributed by atoms with Crippen molar-refractivity contribution in [1.82, 2.24) is 25.5 Å². The van der Waals surface area contributed by atoms with Gasteiger partial charge in [0.2, 0.25) is 0 Å². The molecule has 1 aliphatic rings. The molecule has 1 aliphatic heterocycles. The molecule has 1 unspecified atom stereocenters. The molecule has 6 heteroatoms. The van der Waals surface area contributed by atoms with Crippen LogP contribution in [0.2, 0.25) is 0 Å². The molecule has 2 rings (SSSR count). The van der Waals surface area contributed by atoms with Gasteiger partial charge in [-0.05, 0) is 30.8 Å². The summed E-state index contributed by atoms with van der Waals surface area (Å²) < 4.78 is 7.25. The Morgan fingerprint density at radius 2 is 2.50 bits per heavy atom. The largest absolute Gasteiger partial charge is 0.379 e. The van der Waals surface area contributed by atoms with Gasteiger partial charge in [-0.1, -0.05) is 0 Å². The van der Waals surface area contributed by atoms with Crippen molar-refractivity contribution in [2.75, 3.05) is 20.3 Å². The van der Waals surface area contributed by atoms with Crippen molar-refractivity contribution in [2.24, 2.45) is 0 Å². The van der Waals surface area contributed by atoms with Crippen LogP contribution in [0.4, 0.5) is 0 Å². The second-order valence-corrected chi connectivity index (χ2v) is 3.84. The van der Waals surface area contributed by atoms with Gasteiger partial charge in [0, 0.05) is 6.61 Å². The van der Waals surface area contributed by atoms with E-state index in [4.69, 9.17) is 4.74 Å². The summed E-state index contributed by atoms with van der Waals surface area (Å²) in [6.07, 6.45) is 0.967. The average Bonchev–Trinajstić information content (AvgIpc) is 2.75. The van der Waals surface area contributed by atoms with Gasteiger partial charge in [0.05, 0.1) is 18.7 Å². The first-order chi connectivity index (χ1) is 6.76. The Labute approximate surface area is 82.6 Å². The van der Waals surface area contributed by atoms with Gasteiger partial charge in [-0.15, -0.1) is 5.10 Å². The van der Waals surface area contributed by atoms with E-state index in [1.807, 2.05) is 11.7 Å². The first-order valence-corrected chi connectivity index (χ1v) is 4.76. The highest BCUT2D eigenvalue weighted by atomic mass is 16.5. The van der Waals surface area contributed by atoms with Crippen molar-refractivity contribution in [3.05, 3.63) is 5.82 Å². The molecule has 0 radical (unpaired) electrons. The minimum Gasteiger partial charge on any atom is -0.379 e. The van der Waals surface area contributed by atoms with E-state index in [2.05, 4.69) is 27.8 Å². The highest BCUT2D eigenvalue weighted by Gasteiger charge is 2.34. The summed E-state index contributed by atoms with van der Waals surface area (Å²) in [5.41, 5.74) is -0.0737. The molecule has 0 spiro atoms. The summed E-state index contributed by atoms with van der Waals surface area (Å²) in [5.74, 6) is 0.862. The SMILES string of the molecule is CNCc1nnnn1C1(C)CCOC1. The lowest BCUT2D eigenvalue weighted by atomic mass is 10.0. The van der Waals surface area contributed by atoms with Crippen molar-refractivity contribution >= 4 is 0 Å². The number of aromatic nitrogens is 4. The highest BCUT2D eigenvalue weighted by molar-refractivity contribution is 4.92. The fourth-order valence-corrected chi connectivity index (χ4v) is 1.72. The first-order valence-electron chi connectivity index (χ1n) is 4.76. The van der Waals surface area contributed by atoms with Crippen LogP contribution in [0.15, 0.2) is 0 Å². The molecule has 0 saturated carbocycles. The quantitative estimate of drug-likeness (QED) is 0.709. The molecule has 0 bridgehead atoms. The predicted molar refractivity (Wildman–Crippen MR) is 49.7 cm³/mol. The predicted octanol–water partition coefficient (Wildman–Crippen LogP) is -0.472. The normalized spacial score (nSPS) is 27.0. The third kappa shape index (κ3) is 1.51. The minimum atomic E-state index is -0.0737. The van der Waals surface area contributed by atoms with Gasteiger partial charge in [-0.2, -0.15) is 0 Å². The number of hydrogen-bond acceptors (Lipinski definition) is 5. The first kappa shape index (κ1) is 9.54. The monoisotopic (exact) mass is 197 g/mol. The number of tetrazole rings is 1. The maximum atomic E-state index is 5.38. The topological polar surface area (TPSA) is 64.9 Å². The molecule has 0 aliphatic carbocycles. The van der Waals surface area contributed by atoms with E-state index in [1.54, 1.807) is 0 Å². The lowest BCUT2D eigenvalue weighted by Crippen LogP contribution is -2.34. The van der Waals surface area contributed by atoms with Crippen molar-refractivity contribution in [3.63, 3.8) is 0 Å². The highest BCUT2D eigenvalue weighted by Crippen LogP contribution is 2.26. The molecule has 1 N–H and O–H groups in total. The fraction of sp³-hybridized carbons (Fsp3) is 0.875. The van der Waals surface area contributed by atoms with Gasteiger partial charge in [0.1, 0.15) is 0 Å². The maximum Gasteiger partial charge on any atom is 0.165 e. The van der Waals surface area contributed by atoms with E-state index in [-0.39, 0.29) is 5.54 Å². The number of nitrogens with zero attached hydrogens (tertiary/aromatic N) is 4. The molecule has 0 amide bonds. The van der Waals surface area contributed by atoms with Gasteiger partial charge in [0.15, 0.2) is 5.82 Å². The average molecular weight is 197 g/mol. The Morgan fingerprint density at radius 3 is 3.14 bits per heavy atom. The van der Waals surface area contributed by atoms with Crippen LogP contribution < -0.4 is 5.32 Å². The zero-order valence-electron chi connectivity index (χ0n) is 8.53. The summed E-state index contributed by atoms with van der Waals surface area (Å²) >= 11 is 0. The van der Waals surface area contributed by atoms with Crippen LogP contribution in [0, 0.1) is 0 Å². The summed E-state index contributed by atoms with van der Waals surface area (Å²) in [6, 6.07) is 0. The van der Waals surface area contributed by atoms with E-state index in [9.17, 15) is 0 Å². The van der Waals surface area contributed by atoms with Crippen LogP contribution in [-0.2, 0) is 16.8 Å². The third-order valence-electron chi connectivity index (χ3n) is 2.58. The van der Waals surface area contributed by atoms with Crippen LogP contribution >= 0.6 is 0 Å². The fourth-order valence-electron chi connectivity index (χ4n) is 1.72. The molecule has 1 aromatic heterocycles. The zero-order valence-corrected chi connectivity index (χ0v) is 8.53. The molecule has 2 heterocycles. The van der Waals surface area contributed by atoms with Gasteiger partial charge in [0.25, 0.3) is 0 Å². The van der Waals surface area contributed by atoms with Crippen molar-refractivity contribution in [3.8, 4) is 0 Å². The zero-order chi connectivity index (χ0) is 10.0. The molecule has 1 fully saturated rings. The Balaban J connectivity index is 2.25. The van der Waals surface area contributed by atoms with Crippen molar-refractivity contribution in [2.45, 2.75) is 25.4 Å². The molecule has 78 valence electrons. The lowest BCUT2D eigenvalue weighted by Gasteiger charge is -2.22. The summed E-state index contributed by atoms with van der Waals surface area (Å²) in [5, 5.41) is 14.7. The van der Waals surface area contributed by atoms with Gasteiger partial charge < -0.3 is 10.1 Å². The second kappa shape index (κ2) is 3.62. The Kier molecular flexibility index (Phi) is 2.47. The Hall–Kier alpha value is -1.01. The van der Waals surface area contributed by atoms with Crippen LogP contribution in [0.3, 0.4) is 0 Å². The number of ether oxygens (including phenoxy) is 1. The van der Waals surface area contributed by atoms with Gasteiger partial charge >= 0.3 is 0 Å². The van der Waals surface area contributed by atoms with E-state index in [1.165, 1.54) is 0 Å². The number of hydrogen-bond donors (Lipinski definition) is 1. The molecule has 14 heavy (non-hydrogen) atoms. The molecule has 1 aromatic rings. The molecular formula is C8H15N5O. The smallest absolute Gasteiger partial charge is 0.165 e. The lowest BCUT2D eigenvalue weighted by molar-refractivity contribution is 0.153. The molecule has 1 saturated heterocycles. The molecule has 6 nitrogen and oxygen atoms in total. The second-order valence-electron chi connectivity index (χ2n) is 3.84. The Morgan fingerprint density at radius 1 is 1.64 bits per heavy atom. The summed E-state index contributed by atoms with van der Waals surface area (Å²) in [7, 11) is 1.88. The summed E-state index contributed by atoms with van der Waals surface area (Å²) in [4.78, 5) is 0. The van der Waals surface area contributed by atoms with E-state index in [0.717, 1.165) is 18.9 Å². The standard InChI is InChI=1S/C8H15N5O/c1-8(3-4-14-6-8)13-7(5-9-2)10-11-12-13/h9H,3-6H2,1-2H3. The van der Waals surface area contributed by atoms with E-state index >= 15 is 0 Å². The summed E-state index contributed by atoms with van der Waals surface area (Å²) in [6.45, 7) is 4.28.